The number of amides is 1. The number of aliphatic hydroxyl groups is 2. The highest BCUT2D eigenvalue weighted by Gasteiger charge is 2.78. The first-order valence-corrected chi connectivity index (χ1v) is 40.3. The lowest BCUT2D eigenvalue weighted by Crippen LogP contribution is -2.52. The molecule has 0 saturated heterocycles. The third kappa shape index (κ3) is 29.7. The van der Waals surface area contributed by atoms with E-state index in [1.54, 1.807) is 93.8 Å². The van der Waals surface area contributed by atoms with Crippen LogP contribution in [0.15, 0.2) is 194 Å². The standard InChI is InChI=1S/C27H28N4O4.C15H13BrN2O3.C15H15BrN2O2.C10H10O2.C8H12N2O2.C6H12N2O.C4H11N.C3H4O2.C2H2O2.ClH/c1-16(2)31-15-20-23(29-31)26(34)24(32)21(25(33)30(3)4)22(18-8-6-5-7-9-18)27(26,35-20)19-12-10-17(14-28)11-13-19;1-8(2)18-7-11-12(17-18)13(19)14(20)15(21-11)9-3-5-10(16)6-4-9;1-10(2)18-9-14(20)15(17-18)13(19)8-5-11-3-6-12(16)7-4-11;1-12-10(11)8-7-9-5-3-2-4-6-9;1-5(2)10-4-7(12)8(9-10)6(3)11;1-5(2)8-7-4-6(3)9;1-4(2)3-5;1-3(5)2-4;3-1-2-4;/h5-13,15-16,21-22,24,32,34H,1-4H3;3-8,20H,1-2H3;3-10,20H,1-2H3;2-8H,1H3;4-5,12H,1-3H3;4-5,8H,1-3H3;4H,3,5H2,1-2H3;2H,1H3;1-2H;1H/b;;8-5+;8-7+;;7-4+;;;;/t21-,22-,24-,26+,27+;;;;;;;;;/m1........./s1. The minimum Gasteiger partial charge on any atom is -0.504 e. The van der Waals surface area contributed by atoms with Gasteiger partial charge in [-0.3, -0.25) is 61.9 Å². The van der Waals surface area contributed by atoms with Crippen molar-refractivity contribution in [3.63, 3.8) is 0 Å². The van der Waals surface area contributed by atoms with Crippen LogP contribution in [0, 0.1) is 23.2 Å². The molecule has 5 aromatic carbocycles. The first-order valence-electron chi connectivity index (χ1n) is 38.7. The summed E-state index contributed by atoms with van der Waals surface area (Å²) in [7, 11) is 4.62. The van der Waals surface area contributed by atoms with Gasteiger partial charge in [0.05, 0.1) is 55.7 Å². The van der Waals surface area contributed by atoms with E-state index in [1.807, 2.05) is 166 Å². The molecule has 31 nitrogen and oxygen atoms in total. The number of nitriles is 1. The van der Waals surface area contributed by atoms with Gasteiger partial charge in [0.15, 0.2) is 92.9 Å². The van der Waals surface area contributed by atoms with Crippen molar-refractivity contribution < 1.29 is 82.6 Å². The third-order valence-electron chi connectivity index (χ3n) is 17.5. The van der Waals surface area contributed by atoms with Crippen LogP contribution in [0.3, 0.4) is 0 Å². The van der Waals surface area contributed by atoms with Gasteiger partial charge in [0.25, 0.3) is 5.43 Å². The first kappa shape index (κ1) is 106. The number of carbonyl (C=O) groups is 9. The number of nitrogens with two attached hydrogens (primary N) is 1. The Bertz CT molecular complexity index is 5360. The van der Waals surface area contributed by atoms with E-state index < -0.39 is 46.1 Å². The van der Waals surface area contributed by atoms with Crippen molar-refractivity contribution in [2.45, 2.75) is 157 Å². The van der Waals surface area contributed by atoms with Crippen LogP contribution in [0.1, 0.15) is 188 Å². The van der Waals surface area contributed by atoms with Gasteiger partial charge < -0.3 is 55.5 Å². The zero-order valence-corrected chi connectivity index (χ0v) is 76.2. The second-order valence-electron chi connectivity index (χ2n) is 29.6. The Labute approximate surface area is 742 Å². The van der Waals surface area contributed by atoms with Crippen molar-refractivity contribution in [3.8, 4) is 40.4 Å². The summed E-state index contributed by atoms with van der Waals surface area (Å²) in [5.41, 5.74) is 9.01. The molecule has 662 valence electrons. The second-order valence-corrected chi connectivity index (χ2v) is 31.4. The van der Waals surface area contributed by atoms with E-state index in [1.165, 1.54) is 63.5 Å². The van der Waals surface area contributed by atoms with Gasteiger partial charge in [0.1, 0.15) is 11.8 Å². The first-order chi connectivity index (χ1) is 58.0. The molecule has 5 aromatic heterocycles. The number of rotatable bonds is 20. The van der Waals surface area contributed by atoms with Crippen molar-refractivity contribution >= 4 is 128 Å². The molecule has 1 saturated carbocycles. The fourth-order valence-corrected chi connectivity index (χ4v) is 11.9. The quantitative estimate of drug-likeness (QED) is 0.00708. The molecule has 0 spiro atoms. The fourth-order valence-electron chi connectivity index (χ4n) is 11.3. The van der Waals surface area contributed by atoms with E-state index in [0.29, 0.717) is 40.0 Å². The zero-order chi connectivity index (χ0) is 92.3. The molecule has 2 aliphatic rings. The third-order valence-corrected chi connectivity index (χ3v) is 18.6. The van der Waals surface area contributed by atoms with Crippen molar-refractivity contribution in [1.82, 2.24) is 49.4 Å². The largest absolute Gasteiger partial charge is 0.504 e. The average molecular weight is 1860 g/mol. The van der Waals surface area contributed by atoms with Crippen molar-refractivity contribution in [2.24, 2.45) is 22.7 Å². The number of carbonyl (C=O) groups excluding carboxylic acids is 9. The van der Waals surface area contributed by atoms with Gasteiger partial charge >= 0.3 is 5.97 Å². The maximum Gasteiger partial charge on any atom is 0.330 e. The fraction of sp³-hybridized carbons (Fsp3) is 0.333. The molecule has 1 fully saturated rings. The molecule has 8 N–H and O–H groups in total. The summed E-state index contributed by atoms with van der Waals surface area (Å²) < 4.78 is 25.1. The van der Waals surface area contributed by atoms with Crippen LogP contribution in [0.4, 0.5) is 0 Å². The number of methoxy groups -OCH3 is 1. The Kier molecular flexibility index (Phi) is 43.3. The molecule has 0 bridgehead atoms. The highest BCUT2D eigenvalue weighted by Crippen LogP contribution is 2.68. The Hall–Kier alpha value is -12.5. The van der Waals surface area contributed by atoms with Gasteiger partial charge in [-0.05, 0) is 165 Å². The number of aldehydes is 3. The number of fused-ring (bicyclic) bond motifs is 4. The van der Waals surface area contributed by atoms with Crippen molar-refractivity contribution in [1.29, 1.82) is 5.26 Å². The molecule has 6 heterocycles. The van der Waals surface area contributed by atoms with Crippen LogP contribution in [0.2, 0.25) is 0 Å². The number of halogens is 3. The van der Waals surface area contributed by atoms with Crippen LogP contribution < -0.4 is 21.3 Å². The number of aromatic nitrogens is 8. The SMILES string of the molecule is CC(=O)/C=N/NC(C)C.CC(=O)C=O.CC(=O)c1nn(C(C)C)cc1O.CC(C)CN.CC(C)n1cc(O)c(C(=O)/C=C/c2ccc(Br)cc2)n1.CC(C)n1cc2c(n1)[C@]1(O)[C@H](O)[C@H](C(=O)N(C)C)[C@@H](c3ccccc3)[C@]1(c1ccc(C#N)cc1)O2.CC(C)n1cc2oc(-c3ccc(Br)cc3)c(O)c(=O)c2n1.COC(=O)/C=C/c1ccccc1.Cl.O=CC=O. The predicted molar refractivity (Wildman–Crippen MR) is 482 cm³/mol. The lowest BCUT2D eigenvalue weighted by Gasteiger charge is -2.40. The monoisotopic (exact) mass is 1850 g/mol. The number of esters is 1. The number of allylic oxidation sites excluding steroid dienone is 1. The summed E-state index contributed by atoms with van der Waals surface area (Å²) in [6.45, 7) is 28.5. The Morgan fingerprint density at radius 2 is 1.13 bits per heavy atom. The van der Waals surface area contributed by atoms with Crippen LogP contribution in [0.5, 0.6) is 23.0 Å². The van der Waals surface area contributed by atoms with Gasteiger partial charge in [-0.25, -0.2) is 4.79 Å². The molecule has 1 aliphatic heterocycles. The van der Waals surface area contributed by atoms with Crippen molar-refractivity contribution in [3.05, 3.63) is 234 Å². The molecule has 124 heavy (non-hydrogen) atoms. The Morgan fingerprint density at radius 1 is 0.661 bits per heavy atom. The summed E-state index contributed by atoms with van der Waals surface area (Å²) in [6.07, 6.45) is 13.0. The summed E-state index contributed by atoms with van der Waals surface area (Å²) in [5.74, 6) is -2.78. The maximum absolute atomic E-state index is 13.5. The minimum atomic E-state index is -2.02. The lowest BCUT2D eigenvalue weighted by atomic mass is 9.71. The lowest BCUT2D eigenvalue weighted by molar-refractivity contribution is -0.158. The molecule has 1 aliphatic carbocycles. The number of nitrogens with one attached hydrogen (secondary N) is 1. The molecule has 1 amide bonds. The van der Waals surface area contributed by atoms with Gasteiger partial charge in [-0.15, -0.1) is 12.4 Å². The number of hydrogen-bond acceptors (Lipinski definition) is 26. The summed E-state index contributed by atoms with van der Waals surface area (Å²) in [4.78, 5) is 107. The number of nitrogens with zero attached hydrogens (tertiary/aromatic N) is 11. The normalized spacial score (nSPS) is 15.5. The van der Waals surface area contributed by atoms with Gasteiger partial charge in [0.2, 0.25) is 17.4 Å². The highest BCUT2D eigenvalue weighted by molar-refractivity contribution is 9.10. The summed E-state index contributed by atoms with van der Waals surface area (Å²) >= 11 is 6.69. The van der Waals surface area contributed by atoms with Crippen molar-refractivity contribution in [2.75, 3.05) is 27.7 Å². The number of hydrogen-bond donors (Lipinski definition) is 7. The number of Topliss-reactive ketones (excluding diaryl/α,β-unsaturated/α-hetero) is 3. The topological polar surface area (TPSA) is 452 Å². The second kappa shape index (κ2) is 50.8. The summed E-state index contributed by atoms with van der Waals surface area (Å²) in [6, 6.07) is 43.1. The molecule has 0 unspecified atom stereocenters. The summed E-state index contributed by atoms with van der Waals surface area (Å²) in [5, 5.41) is 83.2. The van der Waals surface area contributed by atoms with E-state index in [2.05, 4.69) is 87.4 Å². The number of ether oxygens (including phenoxy) is 2. The van der Waals surface area contributed by atoms with Gasteiger partial charge in [0, 0.05) is 91.6 Å². The maximum atomic E-state index is 13.5. The molecule has 10 aromatic rings. The van der Waals surface area contributed by atoms with E-state index in [-0.39, 0.29) is 125 Å². The van der Waals surface area contributed by atoms with E-state index in [0.717, 1.165) is 32.2 Å². The average Bonchev–Trinajstić information content (AvgIpc) is 1.49. The number of benzene rings is 5. The van der Waals surface area contributed by atoms with Crippen LogP contribution in [0.25, 0.3) is 34.6 Å². The zero-order valence-electron chi connectivity index (χ0n) is 72.2. The molecular weight excluding hydrogens is 1750 g/mol. The van der Waals surface area contributed by atoms with E-state index in [9.17, 15) is 64.4 Å². The van der Waals surface area contributed by atoms with Crippen LogP contribution >= 0.6 is 44.3 Å². The molecular formula is C90H108Br2ClN13O18. The number of hydrazone groups is 1. The van der Waals surface area contributed by atoms with Crippen LogP contribution in [-0.2, 0) is 49.5 Å². The van der Waals surface area contributed by atoms with E-state index >= 15 is 0 Å². The predicted octanol–water partition coefficient (Wildman–Crippen LogP) is 14.2. The number of aromatic hydroxyl groups is 3. The highest BCUT2D eigenvalue weighted by atomic mass is 79.9. The number of ketones is 4. The van der Waals surface area contributed by atoms with Gasteiger partial charge in [-0.1, -0.05) is 137 Å². The minimum absolute atomic E-state index is 0. The smallest absolute Gasteiger partial charge is 0.330 e. The molecule has 0 radical (unpaired) electrons. The molecule has 5 atom stereocenters. The molecule has 34 heteroatoms. The number of aliphatic hydroxyl groups excluding tert-OH is 1. The van der Waals surface area contributed by atoms with E-state index in [4.69, 9.17) is 29.3 Å². The van der Waals surface area contributed by atoms with Crippen LogP contribution in [-0.4, -0.2) is 170 Å². The Balaban J connectivity index is 0.000000390. The van der Waals surface area contributed by atoms with Gasteiger partial charge in [-0.2, -0.15) is 30.8 Å². The Morgan fingerprint density at radius 3 is 1.56 bits per heavy atom. The molecule has 12 rings (SSSR count).